The molecule has 8 heteroatoms. The monoisotopic (exact) mass is 448 g/mol. The van der Waals surface area contributed by atoms with Gasteiger partial charge in [0.15, 0.2) is 17.3 Å². The standard InChI is InChI=1S/C25H28N4O4/c1-5-29-20-14-18(31-4)10-8-16(20)12-21(29)19-15-24(28-27-19)26-25(30)17-9-11-22(32-6-2)23(13-17)33-7-3/h8-15H,5-7H2,1-4H3,(H2,26,27,28,30). The lowest BCUT2D eigenvalue weighted by atomic mass is 10.2. The van der Waals surface area contributed by atoms with Crippen LogP contribution in [-0.2, 0) is 6.54 Å². The highest BCUT2D eigenvalue weighted by atomic mass is 16.5. The third kappa shape index (κ3) is 4.50. The van der Waals surface area contributed by atoms with Gasteiger partial charge in [-0.3, -0.25) is 9.89 Å². The number of carbonyl (C=O) groups excluding carboxylic acids is 1. The SMILES string of the molecule is CCOc1ccc(C(=O)Nc2cc(-c3cc4ccc(OC)cc4n3CC)[nH]n2)cc1OCC. The van der Waals surface area contributed by atoms with Crippen LogP contribution in [0.5, 0.6) is 17.2 Å². The molecular formula is C25H28N4O4. The Morgan fingerprint density at radius 2 is 1.79 bits per heavy atom. The lowest BCUT2D eigenvalue weighted by molar-refractivity contribution is 0.102. The summed E-state index contributed by atoms with van der Waals surface area (Å²) in [6, 6.07) is 15.0. The number of aryl methyl sites for hydroxylation is 1. The Kier molecular flexibility index (Phi) is 6.53. The van der Waals surface area contributed by atoms with Gasteiger partial charge in [-0.05, 0) is 57.2 Å². The number of ether oxygens (including phenoxy) is 3. The number of benzene rings is 2. The summed E-state index contributed by atoms with van der Waals surface area (Å²) in [4.78, 5) is 12.8. The smallest absolute Gasteiger partial charge is 0.257 e. The van der Waals surface area contributed by atoms with E-state index in [1.165, 1.54) is 0 Å². The van der Waals surface area contributed by atoms with Gasteiger partial charge in [0.1, 0.15) is 5.75 Å². The normalized spacial score (nSPS) is 10.9. The first kappa shape index (κ1) is 22.3. The number of carbonyl (C=O) groups is 1. The second kappa shape index (κ2) is 9.68. The molecule has 0 spiro atoms. The van der Waals surface area contributed by atoms with E-state index in [0.29, 0.717) is 36.1 Å². The Balaban J connectivity index is 1.58. The van der Waals surface area contributed by atoms with Gasteiger partial charge in [-0.25, -0.2) is 0 Å². The molecule has 0 aliphatic heterocycles. The molecule has 172 valence electrons. The molecule has 0 atom stereocenters. The lowest BCUT2D eigenvalue weighted by Gasteiger charge is -2.12. The molecule has 0 bridgehead atoms. The number of nitrogens with one attached hydrogen (secondary N) is 2. The van der Waals surface area contributed by atoms with Crippen molar-refractivity contribution in [3.63, 3.8) is 0 Å². The van der Waals surface area contributed by atoms with E-state index in [-0.39, 0.29) is 5.91 Å². The molecule has 0 radical (unpaired) electrons. The van der Waals surface area contributed by atoms with Crippen molar-refractivity contribution in [2.75, 3.05) is 25.6 Å². The first-order valence-corrected chi connectivity index (χ1v) is 11.0. The van der Waals surface area contributed by atoms with Crippen LogP contribution in [0.15, 0.2) is 48.5 Å². The summed E-state index contributed by atoms with van der Waals surface area (Å²) in [6.07, 6.45) is 0. The van der Waals surface area contributed by atoms with E-state index in [9.17, 15) is 4.79 Å². The number of methoxy groups -OCH3 is 1. The molecular weight excluding hydrogens is 420 g/mol. The van der Waals surface area contributed by atoms with Crippen LogP contribution in [0.4, 0.5) is 5.82 Å². The highest BCUT2D eigenvalue weighted by molar-refractivity contribution is 6.04. The van der Waals surface area contributed by atoms with E-state index < -0.39 is 0 Å². The average molecular weight is 449 g/mol. The van der Waals surface area contributed by atoms with Crippen molar-refractivity contribution < 1.29 is 19.0 Å². The maximum atomic E-state index is 12.8. The van der Waals surface area contributed by atoms with Gasteiger partial charge in [-0.15, -0.1) is 0 Å². The topological polar surface area (TPSA) is 90.4 Å². The number of amides is 1. The fourth-order valence-electron chi connectivity index (χ4n) is 3.82. The van der Waals surface area contributed by atoms with Crippen molar-refractivity contribution in [3.8, 4) is 28.6 Å². The molecule has 33 heavy (non-hydrogen) atoms. The minimum Gasteiger partial charge on any atom is -0.497 e. The highest BCUT2D eigenvalue weighted by Gasteiger charge is 2.16. The summed E-state index contributed by atoms with van der Waals surface area (Å²) in [5.41, 5.74) is 3.32. The first-order chi connectivity index (χ1) is 16.1. The number of nitrogens with zero attached hydrogens (tertiary/aromatic N) is 2. The van der Waals surface area contributed by atoms with E-state index in [1.807, 2.05) is 38.1 Å². The zero-order valence-electron chi connectivity index (χ0n) is 19.3. The summed E-state index contributed by atoms with van der Waals surface area (Å²) in [5.74, 6) is 2.12. The van der Waals surface area contributed by atoms with Crippen molar-refractivity contribution in [2.24, 2.45) is 0 Å². The van der Waals surface area contributed by atoms with Gasteiger partial charge < -0.3 is 24.1 Å². The fraction of sp³-hybridized carbons (Fsp3) is 0.280. The number of fused-ring (bicyclic) bond motifs is 1. The molecule has 2 aromatic carbocycles. The minimum absolute atomic E-state index is 0.280. The second-order valence-electron chi connectivity index (χ2n) is 7.35. The van der Waals surface area contributed by atoms with Crippen LogP contribution in [0.1, 0.15) is 31.1 Å². The van der Waals surface area contributed by atoms with Gasteiger partial charge in [0.05, 0.1) is 37.2 Å². The highest BCUT2D eigenvalue weighted by Crippen LogP contribution is 2.31. The van der Waals surface area contributed by atoms with Crippen molar-refractivity contribution in [1.82, 2.24) is 14.8 Å². The number of anilines is 1. The quantitative estimate of drug-likeness (QED) is 0.371. The van der Waals surface area contributed by atoms with Crippen molar-refractivity contribution in [2.45, 2.75) is 27.3 Å². The van der Waals surface area contributed by atoms with Crippen LogP contribution in [0.3, 0.4) is 0 Å². The third-order valence-corrected chi connectivity index (χ3v) is 5.33. The molecule has 0 saturated carbocycles. The van der Waals surface area contributed by atoms with Gasteiger partial charge in [0.2, 0.25) is 0 Å². The molecule has 1 amide bonds. The van der Waals surface area contributed by atoms with Gasteiger partial charge >= 0.3 is 0 Å². The van der Waals surface area contributed by atoms with E-state index in [1.54, 1.807) is 25.3 Å². The van der Waals surface area contributed by atoms with Crippen molar-refractivity contribution in [1.29, 1.82) is 0 Å². The zero-order valence-corrected chi connectivity index (χ0v) is 19.3. The Morgan fingerprint density at radius 1 is 1.00 bits per heavy atom. The van der Waals surface area contributed by atoms with Crippen LogP contribution in [0.2, 0.25) is 0 Å². The Bertz CT molecular complexity index is 1270. The van der Waals surface area contributed by atoms with Crippen molar-refractivity contribution in [3.05, 3.63) is 54.1 Å². The maximum absolute atomic E-state index is 12.8. The van der Waals surface area contributed by atoms with E-state index >= 15 is 0 Å². The van der Waals surface area contributed by atoms with Crippen LogP contribution in [0.25, 0.3) is 22.3 Å². The summed E-state index contributed by atoms with van der Waals surface area (Å²) >= 11 is 0. The maximum Gasteiger partial charge on any atom is 0.257 e. The minimum atomic E-state index is -0.280. The molecule has 2 heterocycles. The predicted molar refractivity (Wildman–Crippen MR) is 128 cm³/mol. The Morgan fingerprint density at radius 3 is 2.52 bits per heavy atom. The number of hydrogen-bond acceptors (Lipinski definition) is 5. The lowest BCUT2D eigenvalue weighted by Crippen LogP contribution is -2.12. The molecule has 0 aliphatic rings. The number of rotatable bonds is 9. The van der Waals surface area contributed by atoms with E-state index in [4.69, 9.17) is 14.2 Å². The number of aromatic nitrogens is 3. The predicted octanol–water partition coefficient (Wildman–Crippen LogP) is 5.11. The van der Waals surface area contributed by atoms with Crippen LogP contribution in [0, 0.1) is 0 Å². The molecule has 8 nitrogen and oxygen atoms in total. The molecule has 4 aromatic rings. The van der Waals surface area contributed by atoms with Gasteiger partial charge in [-0.1, -0.05) is 0 Å². The summed E-state index contributed by atoms with van der Waals surface area (Å²) in [7, 11) is 1.66. The van der Waals surface area contributed by atoms with Gasteiger partial charge in [0, 0.05) is 29.6 Å². The molecule has 0 saturated heterocycles. The van der Waals surface area contributed by atoms with Crippen LogP contribution in [-0.4, -0.2) is 41.0 Å². The van der Waals surface area contributed by atoms with Gasteiger partial charge in [-0.2, -0.15) is 5.10 Å². The first-order valence-electron chi connectivity index (χ1n) is 11.0. The molecule has 0 unspecified atom stereocenters. The van der Waals surface area contributed by atoms with Crippen LogP contribution < -0.4 is 19.5 Å². The Hall–Kier alpha value is -3.94. The molecule has 2 aromatic heterocycles. The summed E-state index contributed by atoms with van der Waals surface area (Å²) in [5, 5.41) is 11.3. The van der Waals surface area contributed by atoms with Crippen molar-refractivity contribution >= 4 is 22.6 Å². The second-order valence-corrected chi connectivity index (χ2v) is 7.35. The largest absolute Gasteiger partial charge is 0.497 e. The van der Waals surface area contributed by atoms with E-state index in [2.05, 4.69) is 33.1 Å². The van der Waals surface area contributed by atoms with Crippen LogP contribution >= 0.6 is 0 Å². The van der Waals surface area contributed by atoms with E-state index in [0.717, 1.165) is 34.6 Å². The van der Waals surface area contributed by atoms with Gasteiger partial charge in [0.25, 0.3) is 5.91 Å². The molecule has 2 N–H and O–H groups in total. The zero-order chi connectivity index (χ0) is 23.4. The molecule has 0 fully saturated rings. The average Bonchev–Trinajstić information content (AvgIpc) is 3.43. The number of aromatic amines is 1. The molecule has 4 rings (SSSR count). The number of hydrogen-bond donors (Lipinski definition) is 2. The fourth-order valence-corrected chi connectivity index (χ4v) is 3.82. The Labute approximate surface area is 192 Å². The number of H-pyrrole nitrogens is 1. The summed E-state index contributed by atoms with van der Waals surface area (Å²) < 4.78 is 18.7. The summed E-state index contributed by atoms with van der Waals surface area (Å²) in [6.45, 7) is 7.65. The third-order valence-electron chi connectivity index (χ3n) is 5.33. The molecule has 0 aliphatic carbocycles.